The van der Waals surface area contributed by atoms with E-state index in [-0.39, 0.29) is 16.2 Å². The van der Waals surface area contributed by atoms with Crippen LogP contribution in [-0.4, -0.2) is 55.5 Å². The second kappa shape index (κ2) is 8.28. The van der Waals surface area contributed by atoms with Crippen LogP contribution in [0.4, 0.5) is 0 Å². The van der Waals surface area contributed by atoms with Crippen molar-refractivity contribution in [1.82, 2.24) is 9.21 Å². The van der Waals surface area contributed by atoms with Crippen LogP contribution in [0.3, 0.4) is 0 Å². The van der Waals surface area contributed by atoms with E-state index in [4.69, 9.17) is 4.74 Å². The van der Waals surface area contributed by atoms with Crippen LogP contribution >= 0.6 is 0 Å². The van der Waals surface area contributed by atoms with Gasteiger partial charge in [-0.3, -0.25) is 4.79 Å². The Morgan fingerprint density at radius 1 is 0.938 bits per heavy atom. The summed E-state index contributed by atoms with van der Waals surface area (Å²) in [4.78, 5) is 15.1. The van der Waals surface area contributed by atoms with Gasteiger partial charge in [0.15, 0.2) is 0 Å². The van der Waals surface area contributed by atoms with Gasteiger partial charge in [-0.25, -0.2) is 8.42 Å². The highest BCUT2D eigenvalue weighted by molar-refractivity contribution is 7.89. The topological polar surface area (TPSA) is 66.9 Å². The average Bonchev–Trinajstić information content (AvgIpc) is 3.17. The summed E-state index contributed by atoms with van der Waals surface area (Å²) in [7, 11) is -3.67. The number of amides is 1. The van der Waals surface area contributed by atoms with Crippen LogP contribution in [0.25, 0.3) is 0 Å². The van der Waals surface area contributed by atoms with E-state index in [1.54, 1.807) is 17.0 Å². The van der Waals surface area contributed by atoms with Gasteiger partial charge >= 0.3 is 0 Å². The fourth-order valence-corrected chi connectivity index (χ4v) is 6.24. The predicted molar refractivity (Wildman–Crippen MR) is 124 cm³/mol. The Labute approximate surface area is 191 Å². The molecule has 0 atom stereocenters. The average molecular weight is 457 g/mol. The molecule has 0 N–H and O–H groups in total. The zero-order chi connectivity index (χ0) is 23.1. The van der Waals surface area contributed by atoms with Crippen LogP contribution < -0.4 is 0 Å². The first-order chi connectivity index (χ1) is 15.0. The van der Waals surface area contributed by atoms with Crippen molar-refractivity contribution in [2.45, 2.75) is 56.6 Å². The Morgan fingerprint density at radius 2 is 1.53 bits per heavy atom. The van der Waals surface area contributed by atoms with Crippen LogP contribution in [0.5, 0.6) is 0 Å². The number of sulfonamides is 1. The van der Waals surface area contributed by atoms with Crippen molar-refractivity contribution in [3.63, 3.8) is 0 Å². The molecule has 0 radical (unpaired) electrons. The van der Waals surface area contributed by atoms with E-state index < -0.39 is 15.7 Å². The van der Waals surface area contributed by atoms with Crippen molar-refractivity contribution in [2.24, 2.45) is 0 Å². The first kappa shape index (κ1) is 23.0. The molecule has 7 heteroatoms. The molecular weight excluding hydrogens is 424 g/mol. The molecule has 2 heterocycles. The molecule has 6 nitrogen and oxygen atoms in total. The number of ether oxygens (including phenoxy) is 1. The highest BCUT2D eigenvalue weighted by Crippen LogP contribution is 2.38. The quantitative estimate of drug-likeness (QED) is 0.702. The minimum absolute atomic E-state index is 0.0220. The molecule has 0 saturated carbocycles. The number of carbonyl (C=O) groups is 1. The van der Waals surface area contributed by atoms with Crippen molar-refractivity contribution < 1.29 is 17.9 Å². The lowest BCUT2D eigenvalue weighted by atomic mass is 9.86. The number of benzene rings is 2. The van der Waals surface area contributed by atoms with Crippen LogP contribution in [0.1, 0.15) is 55.1 Å². The molecule has 0 bridgehead atoms. The molecule has 1 spiro atoms. The van der Waals surface area contributed by atoms with Crippen LogP contribution in [-0.2, 0) is 20.2 Å². The summed E-state index contributed by atoms with van der Waals surface area (Å²) >= 11 is 0. The van der Waals surface area contributed by atoms with E-state index in [0.717, 1.165) is 5.56 Å². The minimum atomic E-state index is -3.67. The van der Waals surface area contributed by atoms with Gasteiger partial charge in [-0.1, -0.05) is 50.6 Å². The summed E-state index contributed by atoms with van der Waals surface area (Å²) in [6.07, 6.45) is 0.924. The standard InChI is InChI=1S/C25H32N2O4S/c1-19-5-11-22(12-6-19)32(29,30)27-17-18-31-25(27)13-15-26(16-14-25)23(28)20-7-9-21(10-8-20)24(2,3)4/h5-12H,13-18H2,1-4H3. The van der Waals surface area contributed by atoms with Crippen LogP contribution in [0, 0.1) is 6.92 Å². The zero-order valence-electron chi connectivity index (χ0n) is 19.3. The molecule has 2 aliphatic heterocycles. The number of piperidine rings is 1. The summed E-state index contributed by atoms with van der Waals surface area (Å²) in [5.41, 5.74) is 2.01. The van der Waals surface area contributed by atoms with Gasteiger partial charge in [0.1, 0.15) is 5.72 Å². The van der Waals surface area contributed by atoms with Crippen molar-refractivity contribution in [1.29, 1.82) is 0 Å². The van der Waals surface area contributed by atoms with Gasteiger partial charge < -0.3 is 9.64 Å². The normalized spacial score (nSPS) is 19.4. The fraction of sp³-hybridized carbons (Fsp3) is 0.480. The third-order valence-corrected chi connectivity index (χ3v) is 8.52. The van der Waals surface area contributed by atoms with Crippen molar-refractivity contribution in [3.8, 4) is 0 Å². The van der Waals surface area contributed by atoms with E-state index in [2.05, 4.69) is 20.8 Å². The van der Waals surface area contributed by atoms with Crippen molar-refractivity contribution in [2.75, 3.05) is 26.2 Å². The predicted octanol–water partition coefficient (Wildman–Crippen LogP) is 3.95. The summed E-state index contributed by atoms with van der Waals surface area (Å²) in [6.45, 7) is 9.98. The third kappa shape index (κ3) is 4.21. The molecule has 0 aliphatic carbocycles. The molecule has 0 unspecified atom stereocenters. The van der Waals surface area contributed by atoms with Gasteiger partial charge in [0.25, 0.3) is 5.91 Å². The second-order valence-electron chi connectivity index (χ2n) is 9.80. The van der Waals surface area contributed by atoms with E-state index in [1.165, 1.54) is 9.87 Å². The first-order valence-corrected chi connectivity index (χ1v) is 12.6. The molecule has 2 aromatic rings. The smallest absolute Gasteiger partial charge is 0.253 e. The Hall–Kier alpha value is -2.22. The number of hydrogen-bond donors (Lipinski definition) is 0. The molecule has 4 rings (SSSR count). The van der Waals surface area contributed by atoms with Gasteiger partial charge in [-0.2, -0.15) is 4.31 Å². The Balaban J connectivity index is 1.48. The van der Waals surface area contributed by atoms with E-state index in [0.29, 0.717) is 44.6 Å². The monoisotopic (exact) mass is 456 g/mol. The SMILES string of the molecule is Cc1ccc(S(=O)(=O)N2CCOC23CCN(C(=O)c2ccc(C(C)(C)C)cc2)CC3)cc1. The van der Waals surface area contributed by atoms with Gasteiger partial charge in [-0.15, -0.1) is 0 Å². The number of likely N-dealkylation sites (tertiary alicyclic amines) is 1. The summed E-state index contributed by atoms with van der Waals surface area (Å²) in [5.74, 6) is -0.0220. The lowest BCUT2D eigenvalue weighted by Crippen LogP contribution is -2.55. The molecular formula is C25H32N2O4S. The molecule has 172 valence electrons. The van der Waals surface area contributed by atoms with E-state index >= 15 is 0 Å². The Kier molecular flexibility index (Phi) is 5.94. The maximum atomic E-state index is 13.3. The molecule has 1 amide bonds. The van der Waals surface area contributed by atoms with Gasteiger partial charge in [-0.05, 0) is 42.2 Å². The second-order valence-corrected chi connectivity index (χ2v) is 11.7. The Morgan fingerprint density at radius 3 is 2.09 bits per heavy atom. The molecule has 2 saturated heterocycles. The Bertz CT molecular complexity index is 1080. The maximum Gasteiger partial charge on any atom is 0.253 e. The number of aryl methyl sites for hydroxylation is 1. The molecule has 0 aromatic heterocycles. The fourth-order valence-electron chi connectivity index (χ4n) is 4.52. The molecule has 2 fully saturated rings. The first-order valence-electron chi connectivity index (χ1n) is 11.2. The number of rotatable bonds is 3. The highest BCUT2D eigenvalue weighted by Gasteiger charge is 2.51. The largest absolute Gasteiger partial charge is 0.358 e. The van der Waals surface area contributed by atoms with Gasteiger partial charge in [0, 0.05) is 38.0 Å². The summed E-state index contributed by atoms with van der Waals surface area (Å²) < 4.78 is 34.2. The lowest BCUT2D eigenvalue weighted by Gasteiger charge is -2.42. The molecule has 2 aromatic carbocycles. The van der Waals surface area contributed by atoms with Crippen LogP contribution in [0.15, 0.2) is 53.4 Å². The van der Waals surface area contributed by atoms with E-state index in [9.17, 15) is 13.2 Å². The minimum Gasteiger partial charge on any atom is -0.358 e. The van der Waals surface area contributed by atoms with Crippen LogP contribution in [0.2, 0.25) is 0 Å². The third-order valence-electron chi connectivity index (χ3n) is 6.56. The zero-order valence-corrected chi connectivity index (χ0v) is 20.1. The van der Waals surface area contributed by atoms with Gasteiger partial charge in [0.05, 0.1) is 11.5 Å². The number of carbonyl (C=O) groups excluding carboxylic acids is 1. The van der Waals surface area contributed by atoms with E-state index in [1.807, 2.05) is 43.3 Å². The van der Waals surface area contributed by atoms with Gasteiger partial charge in [0.2, 0.25) is 10.0 Å². The molecule has 32 heavy (non-hydrogen) atoms. The lowest BCUT2D eigenvalue weighted by molar-refractivity contribution is -0.0857. The number of hydrogen-bond acceptors (Lipinski definition) is 4. The summed E-state index contributed by atoms with van der Waals surface area (Å²) in [6, 6.07) is 14.7. The van der Waals surface area contributed by atoms with Crippen molar-refractivity contribution >= 4 is 15.9 Å². The highest BCUT2D eigenvalue weighted by atomic mass is 32.2. The number of nitrogens with zero attached hydrogens (tertiary/aromatic N) is 2. The maximum absolute atomic E-state index is 13.3. The van der Waals surface area contributed by atoms with Crippen molar-refractivity contribution in [3.05, 3.63) is 65.2 Å². The molecule has 2 aliphatic rings. The summed E-state index contributed by atoms with van der Waals surface area (Å²) in [5, 5.41) is 0.